The molecule has 0 amide bonds. The van der Waals surface area contributed by atoms with E-state index in [1.165, 1.54) is 76.1 Å². The van der Waals surface area contributed by atoms with E-state index in [1.54, 1.807) is 0 Å². The number of rotatable bonds is 2. The first-order valence-electron chi connectivity index (χ1n) is 13.2. The first-order chi connectivity index (χ1) is 18.9. The highest BCUT2D eigenvalue weighted by Crippen LogP contribution is 2.45. The Balaban J connectivity index is 1.52. The molecule has 0 saturated carbocycles. The Morgan fingerprint density at radius 1 is 0.263 bits per heavy atom. The molecule has 0 radical (unpaired) electrons. The highest BCUT2D eigenvalue weighted by molar-refractivity contribution is 6.24. The average Bonchev–Trinajstić information content (AvgIpc) is 2.99. The van der Waals surface area contributed by atoms with Crippen LogP contribution in [0.4, 0.5) is 0 Å². The lowest BCUT2D eigenvalue weighted by Crippen LogP contribution is -1.91. The molecule has 0 aliphatic carbocycles. The lowest BCUT2D eigenvalue weighted by molar-refractivity contribution is 1.68. The third kappa shape index (κ3) is 3.11. The van der Waals surface area contributed by atoms with Crippen molar-refractivity contribution < 1.29 is 0 Å². The minimum atomic E-state index is 1.26. The maximum absolute atomic E-state index is 2.39. The summed E-state index contributed by atoms with van der Waals surface area (Å²) in [6, 6.07) is 53.3. The van der Waals surface area contributed by atoms with Crippen molar-refractivity contribution in [3.63, 3.8) is 0 Å². The Labute approximate surface area is 221 Å². The van der Waals surface area contributed by atoms with Crippen LogP contribution in [0.25, 0.3) is 76.1 Å². The van der Waals surface area contributed by atoms with Gasteiger partial charge in [-0.3, -0.25) is 0 Å². The smallest absolute Gasteiger partial charge is 0.00201 e. The third-order valence-corrected chi connectivity index (χ3v) is 8.03. The minimum absolute atomic E-state index is 1.26. The summed E-state index contributed by atoms with van der Waals surface area (Å²) in [5.74, 6) is 0. The maximum Gasteiger partial charge on any atom is -0.00201 e. The normalized spacial score (nSPS) is 11.7. The van der Waals surface area contributed by atoms with Gasteiger partial charge in [0.25, 0.3) is 0 Å². The van der Waals surface area contributed by atoms with Gasteiger partial charge in [-0.25, -0.2) is 0 Å². The van der Waals surface area contributed by atoms with Crippen LogP contribution in [0.3, 0.4) is 0 Å². The number of benzene rings is 8. The SMILES string of the molecule is c1ccc2c(-c3c4ccccc4c(-c4ccc5ccc6ccccc6c5c4)c4ccccc34)cccc2c1. The fourth-order valence-electron chi connectivity index (χ4n) is 6.33. The standard InChI is InChI=1S/C38H24/c1-3-13-29-25(10-1)12-9-19-31(29)38-34-17-7-5-15-32(34)37(33-16-6-8-18-35(33)38)28-23-22-27-21-20-26-11-2-4-14-30(26)36(27)24-28/h1-24H. The van der Waals surface area contributed by atoms with Crippen molar-refractivity contribution in [1.29, 1.82) is 0 Å². The lowest BCUT2D eigenvalue weighted by Gasteiger charge is -2.19. The summed E-state index contributed by atoms with van der Waals surface area (Å²) in [6.07, 6.45) is 0. The topological polar surface area (TPSA) is 0 Å². The lowest BCUT2D eigenvalue weighted by atomic mass is 9.84. The molecule has 0 aliphatic rings. The van der Waals surface area contributed by atoms with Crippen LogP contribution in [0.1, 0.15) is 0 Å². The van der Waals surface area contributed by atoms with Crippen molar-refractivity contribution in [1.82, 2.24) is 0 Å². The zero-order valence-corrected chi connectivity index (χ0v) is 20.9. The maximum atomic E-state index is 2.39. The molecule has 0 aliphatic heterocycles. The Morgan fingerprint density at radius 3 is 1.37 bits per heavy atom. The van der Waals surface area contributed by atoms with Gasteiger partial charge in [-0.1, -0.05) is 140 Å². The van der Waals surface area contributed by atoms with Crippen molar-refractivity contribution in [3.05, 3.63) is 146 Å². The molecular formula is C38H24. The molecule has 176 valence electrons. The van der Waals surface area contributed by atoms with Crippen LogP contribution in [0.2, 0.25) is 0 Å². The Morgan fingerprint density at radius 2 is 0.711 bits per heavy atom. The summed E-state index contributed by atoms with van der Waals surface area (Å²) in [6.45, 7) is 0. The second-order valence-corrected chi connectivity index (χ2v) is 10.1. The first kappa shape index (κ1) is 21.2. The predicted molar refractivity (Wildman–Crippen MR) is 165 cm³/mol. The monoisotopic (exact) mass is 480 g/mol. The molecule has 8 rings (SSSR count). The highest BCUT2D eigenvalue weighted by atomic mass is 14.2. The van der Waals surface area contributed by atoms with Crippen LogP contribution in [0.5, 0.6) is 0 Å². The summed E-state index contributed by atoms with van der Waals surface area (Å²) in [4.78, 5) is 0. The molecule has 0 atom stereocenters. The van der Waals surface area contributed by atoms with Gasteiger partial charge in [-0.15, -0.1) is 0 Å². The molecule has 0 aromatic heterocycles. The Kier molecular flexibility index (Phi) is 4.62. The molecule has 0 spiro atoms. The summed E-state index contributed by atoms with van der Waals surface area (Å²) in [5, 5.41) is 12.8. The van der Waals surface area contributed by atoms with Crippen molar-refractivity contribution in [3.8, 4) is 22.3 Å². The van der Waals surface area contributed by atoms with Gasteiger partial charge in [0.05, 0.1) is 0 Å². The molecule has 8 aromatic carbocycles. The van der Waals surface area contributed by atoms with Crippen molar-refractivity contribution >= 4 is 53.9 Å². The largest absolute Gasteiger partial charge is 0.0616 e. The number of hydrogen-bond acceptors (Lipinski definition) is 0. The number of hydrogen-bond donors (Lipinski definition) is 0. The Hall–Kier alpha value is -4.94. The molecule has 0 heterocycles. The fourth-order valence-corrected chi connectivity index (χ4v) is 6.33. The molecule has 0 heteroatoms. The van der Waals surface area contributed by atoms with Gasteiger partial charge in [0, 0.05) is 0 Å². The van der Waals surface area contributed by atoms with E-state index in [-0.39, 0.29) is 0 Å². The van der Waals surface area contributed by atoms with E-state index in [9.17, 15) is 0 Å². The van der Waals surface area contributed by atoms with Crippen LogP contribution >= 0.6 is 0 Å². The van der Waals surface area contributed by atoms with E-state index in [4.69, 9.17) is 0 Å². The van der Waals surface area contributed by atoms with Gasteiger partial charge in [0.15, 0.2) is 0 Å². The van der Waals surface area contributed by atoms with E-state index < -0.39 is 0 Å². The second kappa shape index (κ2) is 8.30. The zero-order chi connectivity index (χ0) is 25.1. The highest BCUT2D eigenvalue weighted by Gasteiger charge is 2.18. The van der Waals surface area contributed by atoms with Crippen LogP contribution in [-0.4, -0.2) is 0 Å². The average molecular weight is 481 g/mol. The van der Waals surface area contributed by atoms with Crippen LogP contribution in [0.15, 0.2) is 146 Å². The van der Waals surface area contributed by atoms with Gasteiger partial charge in [-0.2, -0.15) is 0 Å². The minimum Gasteiger partial charge on any atom is -0.0616 e. The summed E-state index contributed by atoms with van der Waals surface area (Å²) >= 11 is 0. The summed E-state index contributed by atoms with van der Waals surface area (Å²) in [5.41, 5.74) is 5.15. The molecular weight excluding hydrogens is 456 g/mol. The quantitative estimate of drug-likeness (QED) is 0.170. The van der Waals surface area contributed by atoms with E-state index >= 15 is 0 Å². The molecule has 0 nitrogen and oxygen atoms in total. The Bertz CT molecular complexity index is 2120. The third-order valence-electron chi connectivity index (χ3n) is 8.03. The van der Waals surface area contributed by atoms with Crippen LogP contribution in [-0.2, 0) is 0 Å². The van der Waals surface area contributed by atoms with Crippen molar-refractivity contribution in [2.24, 2.45) is 0 Å². The summed E-state index contributed by atoms with van der Waals surface area (Å²) in [7, 11) is 0. The van der Waals surface area contributed by atoms with Crippen molar-refractivity contribution in [2.75, 3.05) is 0 Å². The van der Waals surface area contributed by atoms with Gasteiger partial charge in [0.1, 0.15) is 0 Å². The van der Waals surface area contributed by atoms with E-state index in [1.807, 2.05) is 0 Å². The van der Waals surface area contributed by atoms with Crippen LogP contribution < -0.4 is 0 Å². The van der Waals surface area contributed by atoms with E-state index in [2.05, 4.69) is 146 Å². The fraction of sp³-hybridized carbons (Fsp3) is 0. The molecule has 0 saturated heterocycles. The van der Waals surface area contributed by atoms with Crippen LogP contribution in [0, 0.1) is 0 Å². The van der Waals surface area contributed by atoms with Gasteiger partial charge >= 0.3 is 0 Å². The number of fused-ring (bicyclic) bond motifs is 6. The molecule has 0 fully saturated rings. The first-order valence-corrected chi connectivity index (χ1v) is 13.2. The van der Waals surface area contributed by atoms with Crippen molar-refractivity contribution in [2.45, 2.75) is 0 Å². The van der Waals surface area contributed by atoms with E-state index in [0.717, 1.165) is 0 Å². The van der Waals surface area contributed by atoms with Gasteiger partial charge in [0.2, 0.25) is 0 Å². The molecule has 0 unspecified atom stereocenters. The van der Waals surface area contributed by atoms with E-state index in [0.29, 0.717) is 0 Å². The summed E-state index contributed by atoms with van der Waals surface area (Å²) < 4.78 is 0. The van der Waals surface area contributed by atoms with Gasteiger partial charge in [-0.05, 0) is 82.2 Å². The molecule has 8 aromatic rings. The molecule has 0 bridgehead atoms. The molecule has 38 heavy (non-hydrogen) atoms. The predicted octanol–water partition coefficient (Wildman–Crippen LogP) is 10.8. The zero-order valence-electron chi connectivity index (χ0n) is 20.9. The second-order valence-electron chi connectivity index (χ2n) is 10.1. The van der Waals surface area contributed by atoms with Gasteiger partial charge < -0.3 is 0 Å². The molecule has 0 N–H and O–H groups in total.